The number of benzene rings is 1. The van der Waals surface area contributed by atoms with E-state index in [1.807, 2.05) is 19.1 Å². The zero-order chi connectivity index (χ0) is 13.5. The summed E-state index contributed by atoms with van der Waals surface area (Å²) in [6, 6.07) is 6.76. The highest BCUT2D eigenvalue weighted by Crippen LogP contribution is 2.24. The van der Waals surface area contributed by atoms with Crippen LogP contribution >= 0.6 is 24.0 Å². The van der Waals surface area contributed by atoms with Crippen molar-refractivity contribution in [2.45, 2.75) is 32.4 Å². The number of para-hydroxylation sites is 1. The van der Waals surface area contributed by atoms with Crippen molar-refractivity contribution in [3.8, 4) is 5.75 Å². The van der Waals surface area contributed by atoms with Gasteiger partial charge in [-0.25, -0.2) is 0 Å². The summed E-state index contributed by atoms with van der Waals surface area (Å²) in [6.07, 6.45) is 0.650. The minimum absolute atomic E-state index is 0. The van der Waals surface area contributed by atoms with Gasteiger partial charge in [-0.1, -0.05) is 30.7 Å². The van der Waals surface area contributed by atoms with E-state index in [9.17, 15) is 4.79 Å². The molecular weight excluding hydrogens is 287 g/mol. The second kappa shape index (κ2) is 9.02. The van der Waals surface area contributed by atoms with Gasteiger partial charge in [-0.05, 0) is 25.5 Å². The van der Waals surface area contributed by atoms with Crippen LogP contribution in [0, 0.1) is 0 Å². The van der Waals surface area contributed by atoms with Gasteiger partial charge in [0, 0.05) is 0 Å². The van der Waals surface area contributed by atoms with Crippen LogP contribution in [0.5, 0.6) is 5.75 Å². The molecule has 1 unspecified atom stereocenters. The van der Waals surface area contributed by atoms with Crippen molar-refractivity contribution < 1.29 is 9.53 Å². The van der Waals surface area contributed by atoms with Crippen LogP contribution < -0.4 is 15.8 Å². The van der Waals surface area contributed by atoms with Gasteiger partial charge in [-0.15, -0.1) is 12.4 Å². The topological polar surface area (TPSA) is 64.4 Å². The predicted octanol–water partition coefficient (Wildman–Crippen LogP) is 2.38. The summed E-state index contributed by atoms with van der Waals surface area (Å²) >= 11 is 6.01. The van der Waals surface area contributed by atoms with Gasteiger partial charge >= 0.3 is 0 Å². The first-order chi connectivity index (χ1) is 8.54. The van der Waals surface area contributed by atoms with E-state index in [1.54, 1.807) is 19.1 Å². The Morgan fingerprint density at radius 2 is 2.11 bits per heavy atom. The Balaban J connectivity index is 0.00000324. The molecule has 0 saturated carbocycles. The Bertz CT molecular complexity index is 400. The van der Waals surface area contributed by atoms with Gasteiger partial charge in [0.1, 0.15) is 11.9 Å². The first-order valence-corrected chi connectivity index (χ1v) is 6.36. The van der Waals surface area contributed by atoms with E-state index in [0.29, 0.717) is 17.3 Å². The Labute approximate surface area is 125 Å². The standard InChI is InChI=1S/C13H19ClN2O2.ClH/c1-3-10(8-16-13(17)9(2)15)18-12-7-5-4-6-11(12)14;/h4-7,9-10H,3,8,15H2,1-2H3,(H,16,17);1H/t9-,10?;/m0./s1. The molecule has 108 valence electrons. The zero-order valence-corrected chi connectivity index (χ0v) is 12.6. The Morgan fingerprint density at radius 3 is 2.63 bits per heavy atom. The molecule has 0 aliphatic heterocycles. The third-order valence-electron chi connectivity index (χ3n) is 2.50. The van der Waals surface area contributed by atoms with E-state index in [1.165, 1.54) is 0 Å². The second-order valence-electron chi connectivity index (χ2n) is 4.11. The van der Waals surface area contributed by atoms with Crippen molar-refractivity contribution in [1.82, 2.24) is 5.32 Å². The van der Waals surface area contributed by atoms with Crippen molar-refractivity contribution in [3.05, 3.63) is 29.3 Å². The lowest BCUT2D eigenvalue weighted by molar-refractivity contribution is -0.122. The molecule has 0 aliphatic carbocycles. The van der Waals surface area contributed by atoms with Crippen molar-refractivity contribution in [2.24, 2.45) is 5.73 Å². The molecule has 0 aliphatic rings. The van der Waals surface area contributed by atoms with Crippen molar-refractivity contribution in [1.29, 1.82) is 0 Å². The molecule has 0 spiro atoms. The normalized spacial score (nSPS) is 13.1. The second-order valence-corrected chi connectivity index (χ2v) is 4.52. The highest BCUT2D eigenvalue weighted by Gasteiger charge is 2.13. The van der Waals surface area contributed by atoms with Gasteiger partial charge in [0.2, 0.25) is 5.91 Å². The highest BCUT2D eigenvalue weighted by atomic mass is 35.5. The van der Waals surface area contributed by atoms with Crippen LogP contribution in [-0.4, -0.2) is 24.6 Å². The molecule has 2 atom stereocenters. The number of ether oxygens (including phenoxy) is 1. The first kappa shape index (κ1) is 18.0. The number of hydrogen-bond donors (Lipinski definition) is 2. The molecular formula is C13H20Cl2N2O2. The maximum absolute atomic E-state index is 11.4. The highest BCUT2D eigenvalue weighted by molar-refractivity contribution is 6.32. The van der Waals surface area contributed by atoms with Crippen molar-refractivity contribution >= 4 is 29.9 Å². The molecule has 4 nitrogen and oxygen atoms in total. The molecule has 0 radical (unpaired) electrons. The molecule has 6 heteroatoms. The van der Waals surface area contributed by atoms with Gasteiger partial charge in [-0.3, -0.25) is 4.79 Å². The van der Waals surface area contributed by atoms with Crippen molar-refractivity contribution in [2.75, 3.05) is 6.54 Å². The average Bonchev–Trinajstić information content (AvgIpc) is 2.36. The van der Waals surface area contributed by atoms with E-state index < -0.39 is 6.04 Å². The van der Waals surface area contributed by atoms with Gasteiger partial charge in [-0.2, -0.15) is 0 Å². The van der Waals surface area contributed by atoms with Gasteiger partial charge < -0.3 is 15.8 Å². The fourth-order valence-electron chi connectivity index (χ4n) is 1.36. The Kier molecular flexibility index (Phi) is 8.56. The summed E-state index contributed by atoms with van der Waals surface area (Å²) in [5.41, 5.74) is 5.47. The van der Waals surface area contributed by atoms with Crippen LogP contribution in [0.2, 0.25) is 5.02 Å². The number of carbonyl (C=O) groups is 1. The summed E-state index contributed by atoms with van der Waals surface area (Å²) in [7, 11) is 0. The molecule has 0 heterocycles. The fraction of sp³-hybridized carbons (Fsp3) is 0.462. The summed E-state index contributed by atoms with van der Waals surface area (Å²) in [6.45, 7) is 4.05. The van der Waals surface area contributed by atoms with E-state index in [4.69, 9.17) is 22.1 Å². The maximum Gasteiger partial charge on any atom is 0.236 e. The lowest BCUT2D eigenvalue weighted by Gasteiger charge is -2.19. The molecule has 0 saturated heterocycles. The minimum Gasteiger partial charge on any atom is -0.487 e. The Morgan fingerprint density at radius 1 is 1.47 bits per heavy atom. The van der Waals surface area contributed by atoms with Crippen LogP contribution in [0.4, 0.5) is 0 Å². The van der Waals surface area contributed by atoms with E-state index >= 15 is 0 Å². The smallest absolute Gasteiger partial charge is 0.236 e. The monoisotopic (exact) mass is 306 g/mol. The number of rotatable bonds is 6. The zero-order valence-electron chi connectivity index (χ0n) is 11.1. The molecule has 1 aromatic carbocycles. The number of nitrogens with two attached hydrogens (primary N) is 1. The number of amides is 1. The number of hydrogen-bond acceptors (Lipinski definition) is 3. The number of halogens is 2. The first-order valence-electron chi connectivity index (χ1n) is 5.99. The van der Waals surface area contributed by atoms with E-state index in [-0.39, 0.29) is 24.4 Å². The molecule has 0 bridgehead atoms. The van der Waals surface area contributed by atoms with Gasteiger partial charge in [0.25, 0.3) is 0 Å². The number of nitrogens with one attached hydrogen (secondary N) is 1. The van der Waals surface area contributed by atoms with Crippen LogP contribution in [0.1, 0.15) is 20.3 Å². The number of carbonyl (C=O) groups excluding carboxylic acids is 1. The maximum atomic E-state index is 11.4. The molecule has 1 amide bonds. The summed E-state index contributed by atoms with van der Waals surface area (Å²) < 4.78 is 5.74. The van der Waals surface area contributed by atoms with Crippen molar-refractivity contribution in [3.63, 3.8) is 0 Å². The average molecular weight is 307 g/mol. The van der Waals surface area contributed by atoms with Gasteiger partial charge in [0.05, 0.1) is 17.6 Å². The minimum atomic E-state index is -0.511. The van der Waals surface area contributed by atoms with E-state index in [2.05, 4.69) is 5.32 Å². The van der Waals surface area contributed by atoms with Crippen LogP contribution in [0.15, 0.2) is 24.3 Å². The Hall–Kier alpha value is -0.970. The largest absolute Gasteiger partial charge is 0.487 e. The molecule has 0 aromatic heterocycles. The van der Waals surface area contributed by atoms with Crippen LogP contribution in [-0.2, 0) is 4.79 Å². The third-order valence-corrected chi connectivity index (χ3v) is 2.82. The summed E-state index contributed by atoms with van der Waals surface area (Å²) in [4.78, 5) is 11.4. The summed E-state index contributed by atoms with van der Waals surface area (Å²) in [5.74, 6) is 0.442. The fourth-order valence-corrected chi connectivity index (χ4v) is 1.54. The van der Waals surface area contributed by atoms with Crippen LogP contribution in [0.3, 0.4) is 0 Å². The lowest BCUT2D eigenvalue weighted by atomic mass is 10.2. The summed E-state index contributed by atoms with van der Waals surface area (Å²) in [5, 5.41) is 3.31. The van der Waals surface area contributed by atoms with E-state index in [0.717, 1.165) is 6.42 Å². The molecule has 1 aromatic rings. The predicted molar refractivity (Wildman–Crippen MR) is 80.1 cm³/mol. The quantitative estimate of drug-likeness (QED) is 0.848. The third kappa shape index (κ3) is 6.14. The SMILES string of the molecule is CCC(CNC(=O)[C@H](C)N)Oc1ccccc1Cl.Cl. The molecule has 19 heavy (non-hydrogen) atoms. The molecule has 1 rings (SSSR count). The molecule has 3 N–H and O–H groups in total. The lowest BCUT2D eigenvalue weighted by Crippen LogP contribution is -2.42. The van der Waals surface area contributed by atoms with Crippen LogP contribution in [0.25, 0.3) is 0 Å². The van der Waals surface area contributed by atoms with Gasteiger partial charge in [0.15, 0.2) is 0 Å². The molecule has 0 fully saturated rings.